The molecule has 6 heteroatoms. The average molecular weight is 320 g/mol. The van der Waals surface area contributed by atoms with Gasteiger partial charge < -0.3 is 4.74 Å². The van der Waals surface area contributed by atoms with Crippen LogP contribution in [0.4, 0.5) is 0 Å². The number of hydrogen-bond donors (Lipinski definition) is 0. The highest BCUT2D eigenvalue weighted by Gasteiger charge is 2.14. The fourth-order valence-corrected chi connectivity index (χ4v) is 2.14. The van der Waals surface area contributed by atoms with Gasteiger partial charge in [0.1, 0.15) is 11.6 Å². The van der Waals surface area contributed by atoms with E-state index in [-0.39, 0.29) is 12.2 Å². The van der Waals surface area contributed by atoms with Gasteiger partial charge in [0.25, 0.3) is 0 Å². The number of aryl methyl sites for hydroxylation is 1. The van der Waals surface area contributed by atoms with Crippen molar-refractivity contribution in [3.05, 3.63) is 47.7 Å². The number of aromatic nitrogens is 2. The van der Waals surface area contributed by atoms with Gasteiger partial charge in [-0.15, -0.1) is 0 Å². The molecule has 0 saturated heterocycles. The summed E-state index contributed by atoms with van der Waals surface area (Å²) in [7, 11) is 0. The molecule has 1 aromatic heterocycles. The lowest BCUT2D eigenvalue weighted by atomic mass is 10.1. The number of esters is 1. The number of ether oxygens (including phenoxy) is 1. The Morgan fingerprint density at radius 2 is 2.08 bits per heavy atom. The van der Waals surface area contributed by atoms with E-state index in [9.17, 15) is 10.1 Å². The van der Waals surface area contributed by atoms with Crippen LogP contribution in [0.2, 0.25) is 0 Å². The lowest BCUT2D eigenvalue weighted by Crippen LogP contribution is -2.06. The molecule has 0 bridgehead atoms. The number of nitrogens with zero attached hydrogens (tertiary/aromatic N) is 4. The van der Waals surface area contributed by atoms with E-state index in [4.69, 9.17) is 10.00 Å². The zero-order valence-corrected chi connectivity index (χ0v) is 13.3. The van der Waals surface area contributed by atoms with Crippen LogP contribution in [-0.2, 0) is 16.1 Å². The van der Waals surface area contributed by atoms with Crippen LogP contribution in [0, 0.1) is 22.7 Å². The van der Waals surface area contributed by atoms with E-state index in [1.54, 1.807) is 17.8 Å². The highest BCUT2D eigenvalue weighted by Crippen LogP contribution is 2.24. The Kier molecular flexibility index (Phi) is 5.88. The van der Waals surface area contributed by atoms with Crippen molar-refractivity contribution in [1.29, 1.82) is 10.5 Å². The molecule has 1 heterocycles. The molecule has 0 aliphatic rings. The molecule has 0 radical (unpaired) electrons. The highest BCUT2D eigenvalue weighted by atomic mass is 16.5. The second kappa shape index (κ2) is 8.30. The van der Waals surface area contributed by atoms with Crippen LogP contribution in [0.25, 0.3) is 17.3 Å². The third-order valence-electron chi connectivity index (χ3n) is 3.21. The maximum atomic E-state index is 11.8. The number of hydrogen-bond acceptors (Lipinski definition) is 5. The summed E-state index contributed by atoms with van der Waals surface area (Å²) in [5.74, 6) is -0.663. The Labute approximate surface area is 140 Å². The molecular formula is C18H16N4O2. The Balaban J connectivity index is 2.47. The summed E-state index contributed by atoms with van der Waals surface area (Å²) in [6.07, 6.45) is 3.51. The molecule has 2 rings (SSSR count). The van der Waals surface area contributed by atoms with E-state index in [1.807, 2.05) is 36.4 Å². The molecular weight excluding hydrogens is 304 g/mol. The summed E-state index contributed by atoms with van der Waals surface area (Å²) >= 11 is 0. The van der Waals surface area contributed by atoms with Crippen molar-refractivity contribution < 1.29 is 9.53 Å². The van der Waals surface area contributed by atoms with E-state index in [2.05, 4.69) is 11.2 Å². The number of rotatable bonds is 6. The maximum absolute atomic E-state index is 11.8. The maximum Gasteiger partial charge on any atom is 0.348 e. The molecule has 0 unspecified atom stereocenters. The minimum Gasteiger partial charge on any atom is -0.462 e. The van der Waals surface area contributed by atoms with Crippen LogP contribution in [0.1, 0.15) is 18.9 Å². The molecule has 0 atom stereocenters. The van der Waals surface area contributed by atoms with Gasteiger partial charge in [-0.25, -0.2) is 4.79 Å². The third-order valence-corrected chi connectivity index (χ3v) is 3.21. The van der Waals surface area contributed by atoms with Gasteiger partial charge in [0, 0.05) is 17.3 Å². The monoisotopic (exact) mass is 320 g/mol. The Morgan fingerprint density at radius 1 is 1.33 bits per heavy atom. The molecule has 6 nitrogen and oxygen atoms in total. The zero-order chi connectivity index (χ0) is 17.4. The first-order chi connectivity index (χ1) is 11.7. The predicted molar refractivity (Wildman–Crippen MR) is 88.1 cm³/mol. The lowest BCUT2D eigenvalue weighted by molar-refractivity contribution is -0.137. The Morgan fingerprint density at radius 3 is 2.71 bits per heavy atom. The summed E-state index contributed by atoms with van der Waals surface area (Å²) in [5.41, 5.74) is 2.05. The smallest absolute Gasteiger partial charge is 0.348 e. The van der Waals surface area contributed by atoms with Gasteiger partial charge in [-0.3, -0.25) is 4.68 Å². The van der Waals surface area contributed by atoms with Crippen molar-refractivity contribution in [2.45, 2.75) is 19.9 Å². The normalized spacial score (nSPS) is 10.7. The Bertz CT molecular complexity index is 823. The predicted octanol–water partition coefficient (Wildman–Crippen LogP) is 2.93. The first-order valence-corrected chi connectivity index (χ1v) is 7.48. The quantitative estimate of drug-likeness (QED) is 0.463. The van der Waals surface area contributed by atoms with E-state index in [0.717, 1.165) is 5.56 Å². The molecule has 1 aromatic carbocycles. The first kappa shape index (κ1) is 17.0. The standard InChI is InChI=1S/C18H16N4O2/c1-2-24-18(23)15(12-20)11-16-13-22(10-6-9-19)21-17(16)14-7-4-3-5-8-14/h3-5,7-8,11,13H,2,6,10H2,1H3. The van der Waals surface area contributed by atoms with Crippen LogP contribution in [-0.4, -0.2) is 22.4 Å². The Hall–Kier alpha value is -3.38. The zero-order valence-electron chi connectivity index (χ0n) is 13.3. The topological polar surface area (TPSA) is 91.7 Å². The summed E-state index contributed by atoms with van der Waals surface area (Å²) in [6.45, 7) is 2.32. The molecule has 120 valence electrons. The second-order valence-corrected chi connectivity index (χ2v) is 4.86. The molecule has 0 saturated carbocycles. The van der Waals surface area contributed by atoms with Crippen molar-refractivity contribution in [3.63, 3.8) is 0 Å². The number of nitriles is 2. The van der Waals surface area contributed by atoms with Crippen LogP contribution in [0.15, 0.2) is 42.1 Å². The summed E-state index contributed by atoms with van der Waals surface area (Å²) in [4.78, 5) is 11.8. The number of carbonyl (C=O) groups is 1. The van der Waals surface area contributed by atoms with Gasteiger partial charge in [0.05, 0.1) is 31.3 Å². The van der Waals surface area contributed by atoms with Gasteiger partial charge in [-0.1, -0.05) is 30.3 Å². The van der Waals surface area contributed by atoms with Crippen molar-refractivity contribution in [3.8, 4) is 23.4 Å². The van der Waals surface area contributed by atoms with E-state index in [0.29, 0.717) is 24.2 Å². The van der Waals surface area contributed by atoms with Crippen LogP contribution < -0.4 is 0 Å². The third kappa shape index (κ3) is 4.08. The van der Waals surface area contributed by atoms with Gasteiger partial charge >= 0.3 is 5.97 Å². The minimum absolute atomic E-state index is 0.0890. The largest absolute Gasteiger partial charge is 0.462 e. The van der Waals surface area contributed by atoms with Gasteiger partial charge in [0.15, 0.2) is 0 Å². The number of benzene rings is 1. The SMILES string of the molecule is CCOC(=O)C(C#N)=Cc1cn(CCC#N)nc1-c1ccccc1. The fraction of sp³-hybridized carbons (Fsp3) is 0.222. The van der Waals surface area contributed by atoms with Crippen LogP contribution >= 0.6 is 0 Å². The fourth-order valence-electron chi connectivity index (χ4n) is 2.14. The highest BCUT2D eigenvalue weighted by molar-refractivity contribution is 5.98. The van der Waals surface area contributed by atoms with Crippen LogP contribution in [0.5, 0.6) is 0 Å². The summed E-state index contributed by atoms with van der Waals surface area (Å²) in [5, 5.41) is 22.4. The molecule has 2 aromatic rings. The molecule has 0 fully saturated rings. The summed E-state index contributed by atoms with van der Waals surface area (Å²) in [6, 6.07) is 13.4. The van der Waals surface area contributed by atoms with Gasteiger partial charge in [-0.2, -0.15) is 15.6 Å². The first-order valence-electron chi connectivity index (χ1n) is 7.48. The summed E-state index contributed by atoms with van der Waals surface area (Å²) < 4.78 is 6.52. The van der Waals surface area contributed by atoms with Crippen LogP contribution in [0.3, 0.4) is 0 Å². The molecule has 0 aliphatic heterocycles. The molecule has 0 amide bonds. The van der Waals surface area contributed by atoms with Gasteiger partial charge in [-0.05, 0) is 13.0 Å². The van der Waals surface area contributed by atoms with E-state index in [1.165, 1.54) is 6.08 Å². The molecule has 24 heavy (non-hydrogen) atoms. The molecule has 0 spiro atoms. The van der Waals surface area contributed by atoms with E-state index >= 15 is 0 Å². The molecule has 0 N–H and O–H groups in total. The number of carbonyl (C=O) groups excluding carboxylic acids is 1. The minimum atomic E-state index is -0.663. The van der Waals surface area contributed by atoms with Crippen molar-refractivity contribution in [1.82, 2.24) is 9.78 Å². The van der Waals surface area contributed by atoms with Crippen molar-refractivity contribution in [2.75, 3.05) is 6.61 Å². The average Bonchev–Trinajstić information content (AvgIpc) is 3.01. The lowest BCUT2D eigenvalue weighted by Gasteiger charge is -2.00. The molecule has 0 aliphatic carbocycles. The van der Waals surface area contributed by atoms with E-state index < -0.39 is 5.97 Å². The van der Waals surface area contributed by atoms with Gasteiger partial charge in [0.2, 0.25) is 0 Å². The second-order valence-electron chi connectivity index (χ2n) is 4.86. The van der Waals surface area contributed by atoms with Crippen molar-refractivity contribution >= 4 is 12.0 Å². The van der Waals surface area contributed by atoms with Crippen molar-refractivity contribution in [2.24, 2.45) is 0 Å².